The van der Waals surface area contributed by atoms with Gasteiger partial charge in [-0.3, -0.25) is 0 Å². The molecule has 3 rings (SSSR count). The fourth-order valence-corrected chi connectivity index (χ4v) is 3.22. The van der Waals surface area contributed by atoms with Crippen LogP contribution >= 0.6 is 11.8 Å². The van der Waals surface area contributed by atoms with Crippen molar-refractivity contribution in [3.8, 4) is 0 Å². The van der Waals surface area contributed by atoms with Crippen molar-refractivity contribution in [1.82, 2.24) is 15.5 Å². The lowest BCUT2D eigenvalue weighted by atomic mass is 10.3. The maximum atomic E-state index is 4.38. The van der Waals surface area contributed by atoms with Crippen LogP contribution in [0.15, 0.2) is 12.1 Å². The van der Waals surface area contributed by atoms with Gasteiger partial charge >= 0.3 is 0 Å². The van der Waals surface area contributed by atoms with Gasteiger partial charge in [-0.15, -0.1) is 5.10 Å². The number of hydrogen-bond acceptors (Lipinski definition) is 5. The largest absolute Gasteiger partial charge is 0.351 e. The lowest BCUT2D eigenvalue weighted by Crippen LogP contribution is -2.41. The summed E-state index contributed by atoms with van der Waals surface area (Å²) in [6, 6.07) is 5.51. The molecule has 0 spiro atoms. The summed E-state index contributed by atoms with van der Waals surface area (Å²) in [6.45, 7) is 4.19. The summed E-state index contributed by atoms with van der Waals surface area (Å²) < 4.78 is 0. The highest BCUT2D eigenvalue weighted by Gasteiger charge is 2.21. The average Bonchev–Trinajstić information content (AvgIpc) is 3.22. The number of thioether (sulfide) groups is 1. The van der Waals surface area contributed by atoms with Gasteiger partial charge in [0.15, 0.2) is 5.82 Å². The molecule has 1 aliphatic carbocycles. The topological polar surface area (TPSA) is 41.0 Å². The quantitative estimate of drug-likeness (QED) is 0.896. The van der Waals surface area contributed by atoms with Crippen molar-refractivity contribution in [3.63, 3.8) is 0 Å². The van der Waals surface area contributed by atoms with Gasteiger partial charge in [0.1, 0.15) is 0 Å². The van der Waals surface area contributed by atoms with E-state index in [9.17, 15) is 0 Å². The molecule has 2 aliphatic rings. The average molecular weight is 264 g/mol. The minimum absolute atomic E-state index is 0.563. The second kappa shape index (κ2) is 5.45. The first-order valence-electron chi connectivity index (χ1n) is 6.73. The Morgan fingerprint density at radius 2 is 2.28 bits per heavy atom. The van der Waals surface area contributed by atoms with Crippen LogP contribution in [0.3, 0.4) is 0 Å². The summed E-state index contributed by atoms with van der Waals surface area (Å²) in [5, 5.41) is 12.2. The number of aromatic nitrogens is 2. The Morgan fingerprint density at radius 1 is 1.39 bits per heavy atom. The van der Waals surface area contributed by atoms with Gasteiger partial charge in [-0.2, -0.15) is 16.9 Å². The Hall–Kier alpha value is -0.810. The normalized spacial score (nSPS) is 24.3. The number of rotatable bonds is 4. The third-order valence-corrected chi connectivity index (χ3v) is 4.71. The fourth-order valence-electron chi connectivity index (χ4n) is 2.20. The lowest BCUT2D eigenvalue weighted by Gasteiger charge is -2.33. The second-order valence-electron chi connectivity index (χ2n) is 5.16. The second-order valence-corrected chi connectivity index (χ2v) is 6.31. The Labute approximate surface area is 113 Å². The predicted molar refractivity (Wildman–Crippen MR) is 76.0 cm³/mol. The van der Waals surface area contributed by atoms with E-state index in [1.807, 2.05) is 11.8 Å². The Morgan fingerprint density at radius 3 is 2.94 bits per heavy atom. The van der Waals surface area contributed by atoms with Gasteiger partial charge < -0.3 is 10.2 Å². The number of anilines is 1. The SMILES string of the molecule is CC1CSCCN1c1ccc(CNC2CC2)nn1. The van der Waals surface area contributed by atoms with E-state index in [1.54, 1.807) is 0 Å². The molecule has 0 bridgehead atoms. The van der Waals surface area contributed by atoms with Gasteiger partial charge in [0.25, 0.3) is 0 Å². The Bertz CT molecular complexity index is 390. The van der Waals surface area contributed by atoms with Crippen molar-refractivity contribution in [3.05, 3.63) is 17.8 Å². The Kier molecular flexibility index (Phi) is 3.70. The van der Waals surface area contributed by atoms with Gasteiger partial charge in [0.2, 0.25) is 0 Å². The van der Waals surface area contributed by atoms with E-state index in [0.717, 1.165) is 30.6 Å². The van der Waals surface area contributed by atoms with Crippen molar-refractivity contribution in [1.29, 1.82) is 0 Å². The van der Waals surface area contributed by atoms with Crippen LogP contribution in [0.1, 0.15) is 25.5 Å². The molecule has 1 aliphatic heterocycles. The zero-order chi connectivity index (χ0) is 12.4. The van der Waals surface area contributed by atoms with Crippen LogP contribution in [0.5, 0.6) is 0 Å². The van der Waals surface area contributed by atoms with Gasteiger partial charge in [0.05, 0.1) is 5.69 Å². The summed E-state index contributed by atoms with van der Waals surface area (Å²) >= 11 is 2.02. The fraction of sp³-hybridized carbons (Fsp3) is 0.692. The van der Waals surface area contributed by atoms with Crippen molar-refractivity contribution in [2.75, 3.05) is 23.0 Å². The van der Waals surface area contributed by atoms with Crippen LogP contribution in [0.2, 0.25) is 0 Å². The maximum absolute atomic E-state index is 4.38. The minimum Gasteiger partial charge on any atom is -0.351 e. The first-order chi connectivity index (χ1) is 8.83. The van der Waals surface area contributed by atoms with Crippen molar-refractivity contribution < 1.29 is 0 Å². The van der Waals surface area contributed by atoms with Gasteiger partial charge in [-0.1, -0.05) is 0 Å². The van der Waals surface area contributed by atoms with Crippen LogP contribution in [0.25, 0.3) is 0 Å². The van der Waals surface area contributed by atoms with E-state index in [-0.39, 0.29) is 0 Å². The summed E-state index contributed by atoms with van der Waals surface area (Å²) in [7, 11) is 0. The Balaban J connectivity index is 1.61. The van der Waals surface area contributed by atoms with Crippen LogP contribution in [-0.2, 0) is 6.54 Å². The molecule has 1 unspecified atom stereocenters. The lowest BCUT2D eigenvalue weighted by molar-refractivity contribution is 0.653. The molecule has 1 saturated heterocycles. The summed E-state index contributed by atoms with van der Waals surface area (Å²) in [6.07, 6.45) is 2.63. The first-order valence-corrected chi connectivity index (χ1v) is 7.89. The summed E-state index contributed by atoms with van der Waals surface area (Å²) in [4.78, 5) is 2.36. The molecule has 0 radical (unpaired) electrons. The molecule has 5 heteroatoms. The highest BCUT2D eigenvalue weighted by molar-refractivity contribution is 7.99. The highest BCUT2D eigenvalue weighted by atomic mass is 32.2. The smallest absolute Gasteiger partial charge is 0.151 e. The van der Waals surface area contributed by atoms with E-state index >= 15 is 0 Å². The number of nitrogens with zero attached hydrogens (tertiary/aromatic N) is 3. The molecule has 1 saturated carbocycles. The first kappa shape index (κ1) is 12.2. The van der Waals surface area contributed by atoms with Gasteiger partial charge in [-0.05, 0) is 31.9 Å². The molecule has 4 nitrogen and oxygen atoms in total. The number of nitrogens with one attached hydrogen (secondary N) is 1. The van der Waals surface area contributed by atoms with Crippen molar-refractivity contribution in [2.45, 2.75) is 38.4 Å². The highest BCUT2D eigenvalue weighted by Crippen LogP contribution is 2.22. The third kappa shape index (κ3) is 2.95. The molecule has 2 heterocycles. The van der Waals surface area contributed by atoms with Crippen molar-refractivity contribution in [2.24, 2.45) is 0 Å². The van der Waals surface area contributed by atoms with E-state index < -0.39 is 0 Å². The monoisotopic (exact) mass is 264 g/mol. The van der Waals surface area contributed by atoms with Gasteiger partial charge in [0, 0.05) is 36.7 Å². The predicted octanol–water partition coefficient (Wildman–Crippen LogP) is 1.67. The zero-order valence-electron chi connectivity index (χ0n) is 10.8. The van der Waals surface area contributed by atoms with Crippen LogP contribution in [0, 0.1) is 0 Å². The van der Waals surface area contributed by atoms with Crippen LogP contribution in [-0.4, -0.2) is 40.3 Å². The molecule has 1 aromatic rings. The third-order valence-electron chi connectivity index (χ3n) is 3.52. The van der Waals surface area contributed by atoms with Gasteiger partial charge in [-0.25, -0.2) is 0 Å². The molecular weight excluding hydrogens is 244 g/mol. The molecular formula is C13H20N4S. The zero-order valence-corrected chi connectivity index (χ0v) is 11.6. The minimum atomic E-state index is 0.563. The van der Waals surface area contributed by atoms with Crippen molar-refractivity contribution >= 4 is 17.6 Å². The molecule has 18 heavy (non-hydrogen) atoms. The summed E-state index contributed by atoms with van der Waals surface area (Å²) in [5.41, 5.74) is 1.05. The molecule has 1 aromatic heterocycles. The van der Waals surface area contributed by atoms with E-state index in [2.05, 4.69) is 39.5 Å². The molecule has 0 amide bonds. The van der Waals surface area contributed by atoms with E-state index in [1.165, 1.54) is 24.3 Å². The van der Waals surface area contributed by atoms with Crippen LogP contribution in [0.4, 0.5) is 5.82 Å². The molecule has 1 atom stereocenters. The standard InChI is InChI=1S/C13H20N4S/c1-10-9-18-7-6-17(10)13-5-4-12(15-16-13)8-14-11-2-3-11/h4-5,10-11,14H,2-3,6-9H2,1H3. The van der Waals surface area contributed by atoms with E-state index in [4.69, 9.17) is 0 Å². The molecule has 2 fully saturated rings. The summed E-state index contributed by atoms with van der Waals surface area (Å²) in [5.74, 6) is 3.40. The van der Waals surface area contributed by atoms with Crippen LogP contribution < -0.4 is 10.2 Å². The molecule has 1 N–H and O–H groups in total. The maximum Gasteiger partial charge on any atom is 0.151 e. The molecule has 98 valence electrons. The number of hydrogen-bond donors (Lipinski definition) is 1. The van der Waals surface area contributed by atoms with E-state index in [0.29, 0.717) is 6.04 Å². The molecule has 0 aromatic carbocycles.